The molecule has 0 aromatic heterocycles. The third kappa shape index (κ3) is 1.93. The van der Waals surface area contributed by atoms with Crippen LogP contribution in [0.25, 0.3) is 0 Å². The maximum atomic E-state index is 11.0. The number of carbonyl (C=O) groups excluding carboxylic acids is 1. The highest BCUT2D eigenvalue weighted by atomic mass is 16.1. The first-order valence-electron chi connectivity index (χ1n) is 3.98. The molecule has 1 aromatic carbocycles. The van der Waals surface area contributed by atoms with Crippen LogP contribution in [0, 0.1) is 0 Å². The topological polar surface area (TPSA) is 41.5 Å². The average molecular weight is 176 g/mol. The molecule has 0 saturated carbocycles. The highest BCUT2D eigenvalue weighted by Gasteiger charge is 2.03. The largest absolute Gasteiger partial charge is 0.386 e. The molecule has 3 heteroatoms. The van der Waals surface area contributed by atoms with E-state index in [1.165, 1.54) is 6.92 Å². The van der Waals surface area contributed by atoms with Gasteiger partial charge in [-0.05, 0) is 31.8 Å². The molecule has 68 valence electrons. The van der Waals surface area contributed by atoms with E-state index in [0.29, 0.717) is 11.3 Å². The zero-order chi connectivity index (χ0) is 9.84. The Morgan fingerprint density at radius 2 is 2.23 bits per heavy atom. The van der Waals surface area contributed by atoms with E-state index >= 15 is 0 Å². The molecule has 0 fully saturated rings. The van der Waals surface area contributed by atoms with Gasteiger partial charge in [-0.3, -0.25) is 9.79 Å². The molecule has 0 aliphatic rings. The normalized spacial score (nSPS) is 9.38. The van der Waals surface area contributed by atoms with Crippen LogP contribution >= 0.6 is 0 Å². The maximum absolute atomic E-state index is 11.0. The van der Waals surface area contributed by atoms with Gasteiger partial charge in [-0.1, -0.05) is 0 Å². The molecule has 0 aliphatic carbocycles. The lowest BCUT2D eigenvalue weighted by molar-refractivity contribution is 0.101. The van der Waals surface area contributed by atoms with Crippen LogP contribution in [0.3, 0.4) is 0 Å². The Kier molecular flexibility index (Phi) is 2.80. The van der Waals surface area contributed by atoms with E-state index in [1.54, 1.807) is 19.2 Å². The van der Waals surface area contributed by atoms with Gasteiger partial charge in [0.05, 0.1) is 11.4 Å². The van der Waals surface area contributed by atoms with E-state index < -0.39 is 0 Å². The molecule has 3 nitrogen and oxygen atoms in total. The van der Waals surface area contributed by atoms with Crippen molar-refractivity contribution < 1.29 is 4.79 Å². The molecule has 1 aromatic rings. The van der Waals surface area contributed by atoms with E-state index in [-0.39, 0.29) is 5.78 Å². The highest BCUT2D eigenvalue weighted by molar-refractivity contribution is 5.96. The van der Waals surface area contributed by atoms with Crippen molar-refractivity contribution in [2.24, 2.45) is 4.99 Å². The molecular formula is C10H12N2O. The lowest BCUT2D eigenvalue weighted by Gasteiger charge is -2.05. The first-order chi connectivity index (χ1) is 6.19. The SMILES string of the molecule is C=Nc1cc(C(C)=O)ccc1NC. The van der Waals surface area contributed by atoms with Crippen LogP contribution in [0.4, 0.5) is 11.4 Å². The Hall–Kier alpha value is -1.64. The summed E-state index contributed by atoms with van der Waals surface area (Å²) in [5.41, 5.74) is 2.23. The van der Waals surface area contributed by atoms with Gasteiger partial charge >= 0.3 is 0 Å². The van der Waals surface area contributed by atoms with Crippen molar-refractivity contribution in [1.82, 2.24) is 0 Å². The molecule has 0 radical (unpaired) electrons. The molecule has 13 heavy (non-hydrogen) atoms. The van der Waals surface area contributed by atoms with Gasteiger partial charge in [-0.15, -0.1) is 0 Å². The monoisotopic (exact) mass is 176 g/mol. The third-order valence-electron chi connectivity index (χ3n) is 1.84. The van der Waals surface area contributed by atoms with E-state index in [4.69, 9.17) is 0 Å². The molecule has 0 bridgehead atoms. The number of rotatable bonds is 3. The number of ketones is 1. The molecule has 0 unspecified atom stereocenters. The van der Waals surface area contributed by atoms with E-state index in [2.05, 4.69) is 17.0 Å². The number of aliphatic imine (C=N–C) groups is 1. The third-order valence-corrected chi connectivity index (χ3v) is 1.84. The fourth-order valence-electron chi connectivity index (χ4n) is 1.09. The van der Waals surface area contributed by atoms with E-state index in [0.717, 1.165) is 5.69 Å². The Labute approximate surface area is 77.5 Å². The van der Waals surface area contributed by atoms with Gasteiger partial charge in [0.1, 0.15) is 0 Å². The van der Waals surface area contributed by atoms with E-state index in [9.17, 15) is 4.79 Å². The summed E-state index contributed by atoms with van der Waals surface area (Å²) < 4.78 is 0. The maximum Gasteiger partial charge on any atom is 0.159 e. The van der Waals surface area contributed by atoms with Gasteiger partial charge in [-0.2, -0.15) is 0 Å². The second-order valence-corrected chi connectivity index (χ2v) is 2.70. The summed E-state index contributed by atoms with van der Waals surface area (Å²) in [6, 6.07) is 5.31. The number of anilines is 1. The number of hydrogen-bond acceptors (Lipinski definition) is 3. The van der Waals surface area contributed by atoms with Gasteiger partial charge in [0.15, 0.2) is 5.78 Å². The summed E-state index contributed by atoms with van der Waals surface area (Å²) in [6.07, 6.45) is 0. The smallest absolute Gasteiger partial charge is 0.159 e. The van der Waals surface area contributed by atoms with Crippen LogP contribution < -0.4 is 5.32 Å². The molecule has 1 N–H and O–H groups in total. The van der Waals surface area contributed by atoms with Crippen molar-refractivity contribution in [1.29, 1.82) is 0 Å². The first-order valence-corrected chi connectivity index (χ1v) is 3.98. The standard InChI is InChI=1S/C10H12N2O/c1-7(13)8-4-5-9(11-2)10(6-8)12-3/h4-6,11H,3H2,1-2H3. The predicted octanol–water partition coefficient (Wildman–Crippen LogP) is 2.26. The van der Waals surface area contributed by atoms with Crippen LogP contribution in [-0.4, -0.2) is 19.5 Å². The molecule has 0 spiro atoms. The fourth-order valence-corrected chi connectivity index (χ4v) is 1.09. The van der Waals surface area contributed by atoms with Crippen molar-refractivity contribution >= 4 is 23.9 Å². The van der Waals surface area contributed by atoms with Gasteiger partial charge in [-0.25, -0.2) is 0 Å². The van der Waals surface area contributed by atoms with Crippen molar-refractivity contribution in [2.45, 2.75) is 6.92 Å². The second-order valence-electron chi connectivity index (χ2n) is 2.70. The van der Waals surface area contributed by atoms with Gasteiger partial charge < -0.3 is 5.32 Å². The van der Waals surface area contributed by atoms with Crippen molar-refractivity contribution in [3.05, 3.63) is 23.8 Å². The number of hydrogen-bond donors (Lipinski definition) is 1. The van der Waals surface area contributed by atoms with Crippen LogP contribution in [-0.2, 0) is 0 Å². The Morgan fingerprint density at radius 1 is 1.54 bits per heavy atom. The average Bonchev–Trinajstić information content (AvgIpc) is 2.16. The molecule has 0 heterocycles. The van der Waals surface area contributed by atoms with Crippen molar-refractivity contribution in [3.63, 3.8) is 0 Å². The number of nitrogens with one attached hydrogen (secondary N) is 1. The minimum atomic E-state index is 0.0348. The minimum Gasteiger partial charge on any atom is -0.386 e. The summed E-state index contributed by atoms with van der Waals surface area (Å²) in [7, 11) is 1.80. The van der Waals surface area contributed by atoms with Crippen LogP contribution in [0.2, 0.25) is 0 Å². The number of benzene rings is 1. The van der Waals surface area contributed by atoms with Crippen LogP contribution in [0.5, 0.6) is 0 Å². The summed E-state index contributed by atoms with van der Waals surface area (Å²) in [4.78, 5) is 14.9. The Bertz CT molecular complexity index is 345. The summed E-state index contributed by atoms with van der Waals surface area (Å²) in [5.74, 6) is 0.0348. The zero-order valence-corrected chi connectivity index (χ0v) is 7.79. The number of Topliss-reactive ketones (excluding diaryl/α,β-unsaturated/α-hetero) is 1. The molecule has 0 saturated heterocycles. The van der Waals surface area contributed by atoms with Gasteiger partial charge in [0.25, 0.3) is 0 Å². The first kappa shape index (κ1) is 9.45. The zero-order valence-electron chi connectivity index (χ0n) is 7.79. The second kappa shape index (κ2) is 3.85. The molecule has 0 atom stereocenters. The summed E-state index contributed by atoms with van der Waals surface area (Å²) >= 11 is 0. The van der Waals surface area contributed by atoms with Crippen molar-refractivity contribution in [2.75, 3.05) is 12.4 Å². The highest BCUT2D eigenvalue weighted by Crippen LogP contribution is 2.25. The van der Waals surface area contributed by atoms with Gasteiger partial charge in [0, 0.05) is 12.6 Å². The minimum absolute atomic E-state index is 0.0348. The fraction of sp³-hybridized carbons (Fsp3) is 0.200. The van der Waals surface area contributed by atoms with Crippen LogP contribution in [0.1, 0.15) is 17.3 Å². The quantitative estimate of drug-likeness (QED) is 0.567. The molecule has 0 amide bonds. The van der Waals surface area contributed by atoms with E-state index in [1.807, 2.05) is 6.07 Å². The lowest BCUT2D eigenvalue weighted by atomic mass is 10.1. The molecule has 1 rings (SSSR count). The number of nitrogens with zero attached hydrogens (tertiary/aromatic N) is 1. The Balaban J connectivity index is 3.20. The predicted molar refractivity (Wildman–Crippen MR) is 55.2 cm³/mol. The van der Waals surface area contributed by atoms with Crippen LogP contribution in [0.15, 0.2) is 23.2 Å². The summed E-state index contributed by atoms with van der Waals surface area (Å²) in [6.45, 7) is 4.97. The molecular weight excluding hydrogens is 164 g/mol. The Morgan fingerprint density at radius 3 is 2.69 bits per heavy atom. The molecule has 0 aliphatic heterocycles. The number of carbonyl (C=O) groups is 1. The van der Waals surface area contributed by atoms with Gasteiger partial charge in [0.2, 0.25) is 0 Å². The van der Waals surface area contributed by atoms with Crippen molar-refractivity contribution in [3.8, 4) is 0 Å². The summed E-state index contributed by atoms with van der Waals surface area (Å²) in [5, 5.41) is 2.97. The lowest BCUT2D eigenvalue weighted by Crippen LogP contribution is -1.94.